The smallest absolute Gasteiger partial charge is 0.319 e. The number of aliphatic hydroxyl groups is 2. The van der Waals surface area contributed by atoms with Crippen molar-refractivity contribution in [3.63, 3.8) is 0 Å². The molecule has 0 radical (unpaired) electrons. The molecule has 1 fully saturated rings. The number of rotatable bonds is 5. The average Bonchev–Trinajstić information content (AvgIpc) is 2.57. The maximum Gasteiger partial charge on any atom is 0.319 e. The minimum Gasteiger partial charge on any atom is -0.460 e. The summed E-state index contributed by atoms with van der Waals surface area (Å²) in [6.07, 6.45) is -5.13. The number of hydrogen-bond donors (Lipinski definition) is 4. The number of aliphatic hydroxyl groups excluding tert-OH is 2. The van der Waals surface area contributed by atoms with Crippen LogP contribution in [0.15, 0.2) is 30.3 Å². The van der Waals surface area contributed by atoms with Gasteiger partial charge in [-0.3, -0.25) is 15.3 Å². The molecule has 132 valence electrons. The quantitative estimate of drug-likeness (QED) is 0.362. The van der Waals surface area contributed by atoms with Gasteiger partial charge in [0.15, 0.2) is 12.0 Å². The van der Waals surface area contributed by atoms with Crippen LogP contribution in [-0.4, -0.2) is 53.4 Å². The SMILES string of the molecule is CO[C@@]1(N)O[C@H](C(N)=O)[C@@H](O)[C@H](O)[C@H]1C(=O)OCc1ccccc1. The van der Waals surface area contributed by atoms with Crippen LogP contribution in [0.1, 0.15) is 5.56 Å². The highest BCUT2D eigenvalue weighted by molar-refractivity contribution is 5.81. The predicted octanol–water partition coefficient (Wildman–Crippen LogP) is -1.79. The van der Waals surface area contributed by atoms with Gasteiger partial charge in [-0.05, 0) is 5.56 Å². The zero-order valence-corrected chi connectivity index (χ0v) is 13.0. The molecular formula is C15H20N2O7. The first-order chi connectivity index (χ1) is 11.3. The van der Waals surface area contributed by atoms with E-state index in [9.17, 15) is 19.8 Å². The normalized spacial score (nSPS) is 33.0. The number of benzene rings is 1. The highest BCUT2D eigenvalue weighted by Crippen LogP contribution is 2.33. The maximum absolute atomic E-state index is 12.3. The Morgan fingerprint density at radius 1 is 1.25 bits per heavy atom. The summed E-state index contributed by atoms with van der Waals surface area (Å²) in [5, 5.41) is 20.1. The van der Waals surface area contributed by atoms with Crippen molar-refractivity contribution in [3.8, 4) is 0 Å². The molecule has 24 heavy (non-hydrogen) atoms. The van der Waals surface area contributed by atoms with Crippen molar-refractivity contribution in [2.45, 2.75) is 30.8 Å². The fraction of sp³-hybridized carbons (Fsp3) is 0.467. The second-order valence-electron chi connectivity index (χ2n) is 5.42. The lowest BCUT2D eigenvalue weighted by Crippen LogP contribution is -2.70. The van der Waals surface area contributed by atoms with Crippen molar-refractivity contribution >= 4 is 11.9 Å². The zero-order valence-electron chi connectivity index (χ0n) is 13.0. The molecule has 0 saturated carbocycles. The highest BCUT2D eigenvalue weighted by Gasteiger charge is 2.58. The van der Waals surface area contributed by atoms with Gasteiger partial charge in [0.25, 0.3) is 0 Å². The molecule has 1 amide bonds. The summed E-state index contributed by atoms with van der Waals surface area (Å²) in [5.74, 6) is -5.74. The van der Waals surface area contributed by atoms with Gasteiger partial charge in [-0.25, -0.2) is 0 Å². The monoisotopic (exact) mass is 340 g/mol. The van der Waals surface area contributed by atoms with Crippen molar-refractivity contribution < 1.29 is 34.0 Å². The fourth-order valence-corrected chi connectivity index (χ4v) is 2.48. The van der Waals surface area contributed by atoms with E-state index < -0.39 is 42.0 Å². The van der Waals surface area contributed by atoms with Gasteiger partial charge in [-0.15, -0.1) is 0 Å². The molecule has 0 bridgehead atoms. The van der Waals surface area contributed by atoms with Gasteiger partial charge in [-0.1, -0.05) is 30.3 Å². The number of amides is 1. The lowest BCUT2D eigenvalue weighted by atomic mass is 9.87. The highest BCUT2D eigenvalue weighted by atomic mass is 16.7. The Kier molecular flexibility index (Phi) is 5.52. The Morgan fingerprint density at radius 3 is 2.42 bits per heavy atom. The van der Waals surface area contributed by atoms with Crippen molar-refractivity contribution in [3.05, 3.63) is 35.9 Å². The minimum atomic E-state index is -2.17. The average molecular weight is 340 g/mol. The minimum absolute atomic E-state index is 0.0714. The van der Waals surface area contributed by atoms with Crippen LogP contribution in [-0.2, 0) is 30.4 Å². The van der Waals surface area contributed by atoms with E-state index in [1.54, 1.807) is 30.3 Å². The van der Waals surface area contributed by atoms with Gasteiger partial charge in [0, 0.05) is 7.11 Å². The van der Waals surface area contributed by atoms with Crippen LogP contribution in [0.2, 0.25) is 0 Å². The van der Waals surface area contributed by atoms with E-state index in [-0.39, 0.29) is 6.61 Å². The first-order valence-corrected chi connectivity index (χ1v) is 7.18. The van der Waals surface area contributed by atoms with Crippen molar-refractivity contribution in [1.82, 2.24) is 0 Å². The molecule has 5 atom stereocenters. The van der Waals surface area contributed by atoms with Gasteiger partial charge in [0.2, 0.25) is 11.8 Å². The largest absolute Gasteiger partial charge is 0.460 e. The number of carbonyl (C=O) groups is 2. The van der Waals surface area contributed by atoms with E-state index >= 15 is 0 Å². The fourth-order valence-electron chi connectivity index (χ4n) is 2.48. The number of ether oxygens (including phenoxy) is 3. The molecule has 0 aliphatic carbocycles. The van der Waals surface area contributed by atoms with Crippen LogP contribution in [0.4, 0.5) is 0 Å². The van der Waals surface area contributed by atoms with E-state index in [0.717, 1.165) is 7.11 Å². The maximum atomic E-state index is 12.3. The third kappa shape index (κ3) is 3.55. The molecule has 0 unspecified atom stereocenters. The second-order valence-corrected chi connectivity index (χ2v) is 5.42. The van der Waals surface area contributed by atoms with E-state index in [0.29, 0.717) is 5.56 Å². The Hall–Kier alpha value is -2.04. The summed E-state index contributed by atoms with van der Waals surface area (Å²) in [5.41, 5.74) is 11.6. The Balaban J connectivity index is 2.16. The molecule has 0 aromatic heterocycles. The zero-order chi connectivity index (χ0) is 17.9. The summed E-state index contributed by atoms with van der Waals surface area (Å²) in [6.45, 7) is -0.0714. The summed E-state index contributed by atoms with van der Waals surface area (Å²) in [7, 11) is 1.12. The van der Waals surface area contributed by atoms with Crippen LogP contribution < -0.4 is 11.5 Å². The molecule has 2 rings (SSSR count). The molecule has 1 aromatic carbocycles. The lowest BCUT2D eigenvalue weighted by Gasteiger charge is -2.45. The van der Waals surface area contributed by atoms with Gasteiger partial charge >= 0.3 is 5.97 Å². The molecule has 9 nitrogen and oxygen atoms in total. The predicted molar refractivity (Wildman–Crippen MR) is 79.7 cm³/mol. The van der Waals surface area contributed by atoms with E-state index in [4.69, 9.17) is 25.7 Å². The van der Waals surface area contributed by atoms with E-state index in [1.165, 1.54) is 0 Å². The molecule has 9 heteroatoms. The topological polar surface area (TPSA) is 154 Å². The molecule has 0 spiro atoms. The number of primary amides is 1. The molecule has 6 N–H and O–H groups in total. The van der Waals surface area contributed by atoms with Gasteiger partial charge in [-0.2, -0.15) is 0 Å². The molecule has 1 saturated heterocycles. The second kappa shape index (κ2) is 7.24. The first kappa shape index (κ1) is 18.3. The Morgan fingerprint density at radius 2 is 1.88 bits per heavy atom. The van der Waals surface area contributed by atoms with Crippen molar-refractivity contribution in [1.29, 1.82) is 0 Å². The Bertz CT molecular complexity index is 597. The third-order valence-corrected chi connectivity index (χ3v) is 3.82. The number of hydrogen-bond acceptors (Lipinski definition) is 8. The standard InChI is InChI=1S/C15H20N2O7/c1-22-15(17)9(10(18)11(19)12(24-15)13(16)20)14(21)23-7-8-5-3-2-4-6-8/h2-6,9-12,18-19H,7,17H2,1H3,(H2,16,20)/t9-,10+,11-,12-,15+/m0/s1. The van der Waals surface area contributed by atoms with E-state index in [2.05, 4.69) is 0 Å². The van der Waals surface area contributed by atoms with Gasteiger partial charge in [0.1, 0.15) is 18.8 Å². The first-order valence-electron chi connectivity index (χ1n) is 7.18. The number of methoxy groups -OCH3 is 1. The van der Waals surface area contributed by atoms with Gasteiger partial charge < -0.3 is 30.2 Å². The van der Waals surface area contributed by atoms with Crippen LogP contribution >= 0.6 is 0 Å². The number of nitrogens with two attached hydrogens (primary N) is 2. The van der Waals surface area contributed by atoms with Crippen LogP contribution in [0.5, 0.6) is 0 Å². The lowest BCUT2D eigenvalue weighted by molar-refractivity contribution is -0.327. The van der Waals surface area contributed by atoms with Gasteiger partial charge in [0.05, 0.1) is 0 Å². The molecular weight excluding hydrogens is 320 g/mol. The van der Waals surface area contributed by atoms with Crippen molar-refractivity contribution in [2.75, 3.05) is 7.11 Å². The number of esters is 1. The molecule has 1 aliphatic heterocycles. The molecule has 1 aliphatic rings. The van der Waals surface area contributed by atoms with Crippen LogP contribution in [0.3, 0.4) is 0 Å². The summed E-state index contributed by atoms with van der Waals surface area (Å²) in [6, 6.07) is 8.83. The Labute approximate surface area is 138 Å². The summed E-state index contributed by atoms with van der Waals surface area (Å²) >= 11 is 0. The van der Waals surface area contributed by atoms with Crippen molar-refractivity contribution in [2.24, 2.45) is 17.4 Å². The molecule has 1 heterocycles. The summed E-state index contributed by atoms with van der Waals surface area (Å²) in [4.78, 5) is 23.6. The van der Waals surface area contributed by atoms with E-state index in [1.807, 2.05) is 0 Å². The van der Waals surface area contributed by atoms with Crippen LogP contribution in [0, 0.1) is 5.92 Å². The molecule has 1 aromatic rings. The third-order valence-electron chi connectivity index (χ3n) is 3.82. The summed E-state index contributed by atoms with van der Waals surface area (Å²) < 4.78 is 15.2. The van der Waals surface area contributed by atoms with Crippen LogP contribution in [0.25, 0.3) is 0 Å². The number of carbonyl (C=O) groups excluding carboxylic acids is 2.